The Morgan fingerprint density at radius 3 is 1.49 bits per heavy atom. The highest BCUT2D eigenvalue weighted by Gasteiger charge is 2.38. The predicted octanol–water partition coefficient (Wildman–Crippen LogP) is 12.7. The number of halogens is 1. The number of carbonyl (C=O) groups is 2. The van der Waals surface area contributed by atoms with E-state index in [4.69, 9.17) is 9.47 Å². The Bertz CT molecular complexity index is 2660. The first-order valence-corrected chi connectivity index (χ1v) is 24.8. The number of aromatic nitrogens is 4. The zero-order valence-corrected chi connectivity index (χ0v) is 43.5. The lowest BCUT2D eigenvalue weighted by Gasteiger charge is -2.42. The van der Waals surface area contributed by atoms with Gasteiger partial charge in [0.25, 0.3) is 0 Å². The zero-order valence-electron chi connectivity index (χ0n) is 41.9. The SMILES string of the molecule is CC1(C)CCC(C)(C)c2cc(CBr)ccc21.COC(=O)C[C@@H](c1ccc(O)cc1)c1nccn1C.Cn1ccnc1[C@@H](CC(=O)O)c1ccc(OCc2ccc3c(c2)C(C)(C)CCC3(C)C)cc1. The van der Waals surface area contributed by atoms with E-state index in [0.29, 0.717) is 17.4 Å². The number of esters is 1. The maximum Gasteiger partial charge on any atom is 0.306 e. The van der Waals surface area contributed by atoms with Crippen molar-refractivity contribution in [1.82, 2.24) is 19.1 Å². The number of fused-ring (bicyclic) bond motifs is 2. The highest BCUT2D eigenvalue weighted by molar-refractivity contribution is 9.08. The van der Waals surface area contributed by atoms with Gasteiger partial charge >= 0.3 is 11.9 Å². The molecular weight excluding hydrogens is 917 g/mol. The Morgan fingerprint density at radius 1 is 0.632 bits per heavy atom. The van der Waals surface area contributed by atoms with Gasteiger partial charge in [-0.05, 0) is 116 Å². The normalized spacial score (nSPS) is 16.8. The number of aliphatic carboxylic acids is 1. The Labute approximate surface area is 412 Å². The predicted molar refractivity (Wildman–Crippen MR) is 274 cm³/mol. The average molecular weight is 988 g/mol. The zero-order chi connectivity index (χ0) is 49.6. The van der Waals surface area contributed by atoms with Crippen LogP contribution in [0.5, 0.6) is 11.5 Å². The first-order valence-electron chi connectivity index (χ1n) is 23.6. The third kappa shape index (κ3) is 12.3. The number of ether oxygens (including phenoxy) is 2. The molecule has 0 fully saturated rings. The minimum Gasteiger partial charge on any atom is -0.508 e. The van der Waals surface area contributed by atoms with Crippen molar-refractivity contribution in [2.45, 2.75) is 139 Å². The number of rotatable bonds is 12. The summed E-state index contributed by atoms with van der Waals surface area (Å²) in [5.41, 5.74) is 11.4. The van der Waals surface area contributed by atoms with Gasteiger partial charge in [-0.15, -0.1) is 0 Å². The molecule has 68 heavy (non-hydrogen) atoms. The van der Waals surface area contributed by atoms with Gasteiger partial charge in [-0.1, -0.05) is 132 Å². The van der Waals surface area contributed by atoms with Gasteiger partial charge in [0, 0.05) is 44.2 Å². The number of methoxy groups -OCH3 is 1. The van der Waals surface area contributed by atoms with Crippen LogP contribution in [-0.2, 0) is 62.0 Å². The summed E-state index contributed by atoms with van der Waals surface area (Å²) in [5.74, 6) is 0.867. The monoisotopic (exact) mass is 986 g/mol. The molecule has 0 aliphatic heterocycles. The van der Waals surface area contributed by atoms with Crippen LogP contribution in [0.25, 0.3) is 0 Å². The summed E-state index contributed by atoms with van der Waals surface area (Å²) in [6.07, 6.45) is 12.2. The molecule has 8 rings (SSSR count). The molecule has 2 aliphatic carbocycles. The molecule has 0 spiro atoms. The van der Waals surface area contributed by atoms with Crippen molar-refractivity contribution in [3.8, 4) is 11.5 Å². The number of hydrogen-bond donors (Lipinski definition) is 2. The van der Waals surface area contributed by atoms with Crippen LogP contribution in [-0.4, -0.2) is 48.4 Å². The molecule has 2 aromatic heterocycles. The van der Waals surface area contributed by atoms with Crippen LogP contribution in [0, 0.1) is 0 Å². The molecule has 2 aliphatic rings. The summed E-state index contributed by atoms with van der Waals surface area (Å²) in [5, 5.41) is 19.7. The summed E-state index contributed by atoms with van der Waals surface area (Å²) in [6, 6.07) is 28.3. The van der Waals surface area contributed by atoms with E-state index in [9.17, 15) is 19.8 Å². The van der Waals surface area contributed by atoms with Crippen LogP contribution < -0.4 is 4.74 Å². The maximum absolute atomic E-state index is 11.6. The first kappa shape index (κ1) is 51.7. The van der Waals surface area contributed by atoms with Gasteiger partial charge < -0.3 is 28.8 Å². The largest absolute Gasteiger partial charge is 0.508 e. The van der Waals surface area contributed by atoms with Crippen molar-refractivity contribution in [3.63, 3.8) is 0 Å². The molecule has 0 radical (unpaired) electrons. The number of alkyl halides is 1. The van der Waals surface area contributed by atoms with E-state index in [0.717, 1.165) is 33.9 Å². The van der Waals surface area contributed by atoms with Crippen LogP contribution in [0.3, 0.4) is 0 Å². The first-order chi connectivity index (χ1) is 32.0. The number of aromatic hydroxyl groups is 1. The van der Waals surface area contributed by atoms with E-state index < -0.39 is 5.97 Å². The van der Waals surface area contributed by atoms with Crippen LogP contribution >= 0.6 is 15.9 Å². The van der Waals surface area contributed by atoms with Crippen molar-refractivity contribution < 1.29 is 29.3 Å². The Morgan fingerprint density at radius 2 is 1.06 bits per heavy atom. The summed E-state index contributed by atoms with van der Waals surface area (Å²) in [6.45, 7) is 19.3. The van der Waals surface area contributed by atoms with Crippen molar-refractivity contribution in [1.29, 1.82) is 0 Å². The number of benzene rings is 4. The van der Waals surface area contributed by atoms with Crippen molar-refractivity contribution in [2.24, 2.45) is 14.1 Å². The van der Waals surface area contributed by atoms with Gasteiger partial charge in [-0.25, -0.2) is 9.97 Å². The van der Waals surface area contributed by atoms with Gasteiger partial charge in [0.05, 0.1) is 31.8 Å². The average Bonchev–Trinajstić information content (AvgIpc) is 3.94. The van der Waals surface area contributed by atoms with Crippen molar-refractivity contribution in [3.05, 3.63) is 166 Å². The number of aryl methyl sites for hydroxylation is 2. The number of hydrogen-bond acceptors (Lipinski definition) is 7. The smallest absolute Gasteiger partial charge is 0.306 e. The number of nitrogens with zero attached hydrogens (tertiary/aromatic N) is 4. The van der Waals surface area contributed by atoms with E-state index in [1.54, 1.807) is 47.8 Å². The van der Waals surface area contributed by atoms with Crippen molar-refractivity contribution in [2.75, 3.05) is 7.11 Å². The third-order valence-corrected chi connectivity index (χ3v) is 14.9. The Kier molecular flexibility index (Phi) is 16.2. The molecular formula is C57H71BrN4O6. The maximum atomic E-state index is 11.6. The van der Waals surface area contributed by atoms with Gasteiger partial charge in [0.15, 0.2) is 0 Å². The second kappa shape index (κ2) is 21.3. The molecule has 11 heteroatoms. The van der Waals surface area contributed by atoms with E-state index in [2.05, 4.69) is 118 Å². The Balaban J connectivity index is 0.000000184. The summed E-state index contributed by atoms with van der Waals surface area (Å²) in [4.78, 5) is 31.7. The fourth-order valence-corrected chi connectivity index (χ4v) is 10.0. The molecule has 0 amide bonds. The number of phenolic OH excluding ortho intramolecular Hbond substituents is 1. The molecule has 2 N–H and O–H groups in total. The number of carboxylic acids is 1. The Hall–Kier alpha value is -5.68. The number of carboxylic acid groups (broad SMARTS) is 1. The lowest BCUT2D eigenvalue weighted by molar-refractivity contribution is -0.141. The van der Waals surface area contributed by atoms with E-state index >= 15 is 0 Å². The quantitative estimate of drug-likeness (QED) is 0.0916. The summed E-state index contributed by atoms with van der Waals surface area (Å²) < 4.78 is 14.6. The van der Waals surface area contributed by atoms with Gasteiger partial charge in [0.1, 0.15) is 29.8 Å². The molecule has 2 atom stereocenters. The topological polar surface area (TPSA) is 129 Å². The molecule has 10 nitrogen and oxygen atoms in total. The third-order valence-electron chi connectivity index (χ3n) is 14.3. The van der Waals surface area contributed by atoms with Crippen LogP contribution in [0.2, 0.25) is 0 Å². The van der Waals surface area contributed by atoms with E-state index in [1.165, 1.54) is 55.0 Å². The van der Waals surface area contributed by atoms with E-state index in [-0.39, 0.29) is 47.2 Å². The number of phenols is 1. The number of carbonyl (C=O) groups excluding carboxylic acids is 1. The summed E-state index contributed by atoms with van der Waals surface area (Å²) in [7, 11) is 5.14. The molecule has 362 valence electrons. The summed E-state index contributed by atoms with van der Waals surface area (Å²) >= 11 is 3.55. The lowest BCUT2D eigenvalue weighted by atomic mass is 9.63. The molecule has 0 saturated heterocycles. The number of imidazole rings is 2. The highest BCUT2D eigenvalue weighted by Crippen LogP contribution is 2.47. The highest BCUT2D eigenvalue weighted by atomic mass is 79.9. The van der Waals surface area contributed by atoms with E-state index in [1.807, 2.05) is 59.9 Å². The molecule has 6 aromatic rings. The molecule has 0 saturated carbocycles. The fourth-order valence-electron chi connectivity index (χ4n) is 9.68. The van der Waals surface area contributed by atoms with Crippen LogP contribution in [0.4, 0.5) is 0 Å². The second-order valence-corrected chi connectivity index (χ2v) is 21.7. The van der Waals surface area contributed by atoms with Gasteiger partial charge in [0.2, 0.25) is 0 Å². The molecule has 2 heterocycles. The molecule has 4 aromatic carbocycles. The van der Waals surface area contributed by atoms with Crippen LogP contribution in [0.15, 0.2) is 110 Å². The van der Waals surface area contributed by atoms with Gasteiger partial charge in [-0.2, -0.15) is 0 Å². The minimum absolute atomic E-state index is 0.00762. The minimum atomic E-state index is -0.846. The lowest BCUT2D eigenvalue weighted by Crippen LogP contribution is -2.33. The standard InChI is InChI=1S/C28H34N2O3.C15H21Br.C14H16N2O3/c1-27(2)12-13-28(3,4)24-16-19(6-11-23(24)27)18-33-21-9-7-20(8-10-21)22(17-25(31)32)26-29-14-15-30(26)5;1-14(2)7-8-15(3,4)13-9-11(10-16)5-6-12(13)14;1-16-8-7-15-14(16)12(9-13(18)19-2)10-3-5-11(17)6-4-10/h6-11,14-16,22H,12-13,17-18H2,1-5H3,(H,31,32);5-6,9H,7-8,10H2,1-4H3;3-8,12,17H,9H2,1-2H3/t22-;;12-/m0.0/s1. The second-order valence-electron chi connectivity index (χ2n) is 21.2. The fraction of sp³-hybridized carbons (Fsp3) is 0.439. The van der Waals surface area contributed by atoms with Crippen LogP contribution in [0.1, 0.15) is 162 Å². The van der Waals surface area contributed by atoms with Crippen molar-refractivity contribution >= 4 is 27.9 Å². The molecule has 0 bridgehead atoms. The van der Waals surface area contributed by atoms with Gasteiger partial charge in [-0.3, -0.25) is 9.59 Å². The molecule has 0 unspecified atom stereocenters.